The topological polar surface area (TPSA) is 52.0 Å². The van der Waals surface area contributed by atoms with Gasteiger partial charge in [-0.05, 0) is 20.9 Å². The molecule has 1 heterocycles. The molecular weight excluding hydrogens is 168 g/mol. The highest BCUT2D eigenvalue weighted by Gasteiger charge is 2.13. The summed E-state index contributed by atoms with van der Waals surface area (Å²) in [4.78, 5) is 0. The van der Waals surface area contributed by atoms with Crippen molar-refractivity contribution in [2.45, 2.75) is 26.4 Å². The van der Waals surface area contributed by atoms with Crippen LogP contribution in [0.5, 0.6) is 6.01 Å². The molecule has 0 fully saturated rings. The highest BCUT2D eigenvalue weighted by molar-refractivity contribution is 5.02. The van der Waals surface area contributed by atoms with Crippen LogP contribution in [-0.2, 0) is 6.54 Å². The quantitative estimate of drug-likeness (QED) is 0.744. The molecule has 0 atom stereocenters. The third-order valence-electron chi connectivity index (χ3n) is 1.77. The predicted octanol–water partition coefficient (Wildman–Crippen LogP) is 0.587. The van der Waals surface area contributed by atoms with E-state index in [4.69, 9.17) is 4.74 Å². The van der Waals surface area contributed by atoms with Crippen molar-refractivity contribution in [3.05, 3.63) is 5.82 Å². The van der Waals surface area contributed by atoms with E-state index in [1.165, 1.54) is 0 Å². The first-order valence-electron chi connectivity index (χ1n) is 4.33. The first kappa shape index (κ1) is 9.98. The fourth-order valence-electron chi connectivity index (χ4n) is 1.24. The van der Waals surface area contributed by atoms with Crippen LogP contribution < -0.4 is 10.1 Å². The minimum Gasteiger partial charge on any atom is -0.467 e. The summed E-state index contributed by atoms with van der Waals surface area (Å²) in [6.45, 7) is 4.85. The SMILES string of the molecule is CNCc1nnc(OC)n1C(C)C. The number of nitrogens with zero attached hydrogens (tertiary/aromatic N) is 3. The Labute approximate surface area is 78.1 Å². The Balaban J connectivity index is 2.99. The fourth-order valence-corrected chi connectivity index (χ4v) is 1.24. The van der Waals surface area contributed by atoms with Crippen molar-refractivity contribution >= 4 is 0 Å². The lowest BCUT2D eigenvalue weighted by Crippen LogP contribution is -2.14. The second kappa shape index (κ2) is 4.23. The summed E-state index contributed by atoms with van der Waals surface area (Å²) < 4.78 is 7.06. The molecule has 0 bridgehead atoms. The van der Waals surface area contributed by atoms with E-state index in [9.17, 15) is 0 Å². The van der Waals surface area contributed by atoms with Crippen LogP contribution in [0.2, 0.25) is 0 Å². The molecule has 5 nitrogen and oxygen atoms in total. The van der Waals surface area contributed by atoms with E-state index >= 15 is 0 Å². The Morgan fingerprint density at radius 2 is 2.15 bits per heavy atom. The van der Waals surface area contributed by atoms with Gasteiger partial charge < -0.3 is 10.1 Å². The maximum Gasteiger partial charge on any atom is 0.316 e. The minimum absolute atomic E-state index is 0.313. The number of rotatable bonds is 4. The van der Waals surface area contributed by atoms with E-state index in [2.05, 4.69) is 29.4 Å². The molecule has 0 saturated carbocycles. The number of nitrogens with one attached hydrogen (secondary N) is 1. The van der Waals surface area contributed by atoms with Crippen LogP contribution in [0.3, 0.4) is 0 Å². The molecule has 74 valence electrons. The van der Waals surface area contributed by atoms with E-state index < -0.39 is 0 Å². The second-order valence-electron chi connectivity index (χ2n) is 3.10. The lowest BCUT2D eigenvalue weighted by Gasteiger charge is -2.11. The summed E-state index contributed by atoms with van der Waals surface area (Å²) in [5.74, 6) is 0.898. The predicted molar refractivity (Wildman–Crippen MR) is 49.7 cm³/mol. The third-order valence-corrected chi connectivity index (χ3v) is 1.77. The maximum atomic E-state index is 5.10. The Bertz CT molecular complexity index is 269. The molecule has 0 aliphatic carbocycles. The summed E-state index contributed by atoms with van der Waals surface area (Å²) >= 11 is 0. The second-order valence-corrected chi connectivity index (χ2v) is 3.10. The third kappa shape index (κ3) is 1.98. The molecule has 0 aromatic carbocycles. The van der Waals surface area contributed by atoms with Gasteiger partial charge in [-0.1, -0.05) is 5.10 Å². The van der Waals surface area contributed by atoms with Crippen LogP contribution in [-0.4, -0.2) is 28.9 Å². The van der Waals surface area contributed by atoms with Crippen molar-refractivity contribution in [3.8, 4) is 6.01 Å². The van der Waals surface area contributed by atoms with E-state index in [0.29, 0.717) is 18.6 Å². The Morgan fingerprint density at radius 3 is 2.62 bits per heavy atom. The highest BCUT2D eigenvalue weighted by Crippen LogP contribution is 2.16. The molecule has 0 radical (unpaired) electrons. The van der Waals surface area contributed by atoms with Gasteiger partial charge in [0.25, 0.3) is 0 Å². The molecule has 1 aromatic heterocycles. The maximum absolute atomic E-state index is 5.10. The van der Waals surface area contributed by atoms with Crippen molar-refractivity contribution in [2.75, 3.05) is 14.2 Å². The fraction of sp³-hybridized carbons (Fsp3) is 0.750. The van der Waals surface area contributed by atoms with Gasteiger partial charge in [-0.25, -0.2) is 0 Å². The zero-order valence-corrected chi connectivity index (χ0v) is 8.53. The van der Waals surface area contributed by atoms with Crippen LogP contribution in [0.25, 0.3) is 0 Å². The number of aromatic nitrogens is 3. The average Bonchev–Trinajstić information content (AvgIpc) is 2.48. The van der Waals surface area contributed by atoms with Gasteiger partial charge in [-0.15, -0.1) is 5.10 Å². The standard InChI is InChI=1S/C8H16N4O/c1-6(2)12-7(5-9-3)10-11-8(12)13-4/h6,9H,5H2,1-4H3. The molecule has 0 amide bonds. The molecule has 1 rings (SSSR count). The molecule has 0 aliphatic heterocycles. The monoisotopic (exact) mass is 184 g/mol. The summed E-state index contributed by atoms with van der Waals surface area (Å²) in [5.41, 5.74) is 0. The molecule has 1 aromatic rings. The van der Waals surface area contributed by atoms with E-state index in [1.54, 1.807) is 7.11 Å². The van der Waals surface area contributed by atoms with Crippen LogP contribution in [0, 0.1) is 0 Å². The van der Waals surface area contributed by atoms with Crippen LogP contribution in [0.4, 0.5) is 0 Å². The molecule has 0 aliphatic rings. The first-order valence-corrected chi connectivity index (χ1v) is 4.33. The highest BCUT2D eigenvalue weighted by atomic mass is 16.5. The average molecular weight is 184 g/mol. The summed E-state index contributed by atoms with van der Waals surface area (Å²) in [7, 11) is 3.48. The Morgan fingerprint density at radius 1 is 1.46 bits per heavy atom. The van der Waals surface area contributed by atoms with Gasteiger partial charge in [0.05, 0.1) is 13.7 Å². The van der Waals surface area contributed by atoms with Gasteiger partial charge in [-0.2, -0.15) is 0 Å². The van der Waals surface area contributed by atoms with Gasteiger partial charge in [-0.3, -0.25) is 4.57 Å². The van der Waals surface area contributed by atoms with Crippen molar-refractivity contribution in [1.82, 2.24) is 20.1 Å². The van der Waals surface area contributed by atoms with E-state index in [0.717, 1.165) is 5.82 Å². The van der Waals surface area contributed by atoms with Crippen molar-refractivity contribution in [1.29, 1.82) is 0 Å². The lowest BCUT2D eigenvalue weighted by atomic mass is 10.4. The van der Waals surface area contributed by atoms with Crippen LogP contribution in [0.1, 0.15) is 25.7 Å². The molecule has 5 heteroatoms. The largest absolute Gasteiger partial charge is 0.467 e. The lowest BCUT2D eigenvalue weighted by molar-refractivity contribution is 0.342. The van der Waals surface area contributed by atoms with Crippen molar-refractivity contribution in [3.63, 3.8) is 0 Å². The minimum atomic E-state index is 0.313. The van der Waals surface area contributed by atoms with Crippen molar-refractivity contribution < 1.29 is 4.74 Å². The zero-order chi connectivity index (χ0) is 9.84. The molecule has 0 saturated heterocycles. The molecule has 1 N–H and O–H groups in total. The molecular formula is C8H16N4O. The summed E-state index contributed by atoms with van der Waals surface area (Å²) in [5, 5.41) is 11.0. The molecule has 13 heavy (non-hydrogen) atoms. The van der Waals surface area contributed by atoms with Crippen LogP contribution >= 0.6 is 0 Å². The molecule has 0 spiro atoms. The first-order chi connectivity index (χ1) is 6.20. The van der Waals surface area contributed by atoms with Gasteiger partial charge in [0, 0.05) is 6.04 Å². The number of hydrogen-bond acceptors (Lipinski definition) is 4. The molecule has 0 unspecified atom stereocenters. The number of hydrogen-bond donors (Lipinski definition) is 1. The summed E-state index contributed by atoms with van der Waals surface area (Å²) in [6.07, 6.45) is 0. The van der Waals surface area contributed by atoms with Crippen molar-refractivity contribution in [2.24, 2.45) is 0 Å². The van der Waals surface area contributed by atoms with E-state index in [1.807, 2.05) is 11.6 Å². The smallest absolute Gasteiger partial charge is 0.316 e. The number of methoxy groups -OCH3 is 1. The van der Waals surface area contributed by atoms with Gasteiger partial charge in [0.2, 0.25) is 0 Å². The van der Waals surface area contributed by atoms with E-state index in [-0.39, 0.29) is 0 Å². The van der Waals surface area contributed by atoms with Crippen LogP contribution in [0.15, 0.2) is 0 Å². The van der Waals surface area contributed by atoms with Gasteiger partial charge >= 0.3 is 6.01 Å². The Kier molecular flexibility index (Phi) is 3.25. The summed E-state index contributed by atoms with van der Waals surface area (Å²) in [6, 6.07) is 0.883. The Hall–Kier alpha value is -1.10. The zero-order valence-electron chi connectivity index (χ0n) is 8.53. The number of ether oxygens (including phenoxy) is 1. The van der Waals surface area contributed by atoms with Gasteiger partial charge in [0.1, 0.15) is 5.82 Å². The normalized spacial score (nSPS) is 10.8. The van der Waals surface area contributed by atoms with Gasteiger partial charge in [0.15, 0.2) is 0 Å².